The molecule has 0 saturated heterocycles. The number of nitrogens with zero attached hydrogens (tertiary/aromatic N) is 2. The van der Waals surface area contributed by atoms with Crippen molar-refractivity contribution >= 4 is 39.1 Å². The summed E-state index contributed by atoms with van der Waals surface area (Å²) in [5.41, 5.74) is 2.84. The van der Waals surface area contributed by atoms with Crippen LogP contribution in [0.4, 0.5) is 5.69 Å². The summed E-state index contributed by atoms with van der Waals surface area (Å²) in [7, 11) is -4.12. The lowest BCUT2D eigenvalue weighted by Gasteiger charge is -2.33. The van der Waals surface area contributed by atoms with Crippen molar-refractivity contribution in [3.63, 3.8) is 0 Å². The summed E-state index contributed by atoms with van der Waals surface area (Å²) in [6.07, 6.45) is 3.97. The van der Waals surface area contributed by atoms with Crippen molar-refractivity contribution < 1.29 is 18.0 Å². The molecule has 0 bridgehead atoms. The zero-order chi connectivity index (χ0) is 28.9. The first-order chi connectivity index (χ1) is 19.1. The number of sulfonamides is 1. The van der Waals surface area contributed by atoms with E-state index in [1.54, 1.807) is 50.2 Å². The highest BCUT2D eigenvalue weighted by molar-refractivity contribution is 7.92. The Balaban J connectivity index is 1.70. The van der Waals surface area contributed by atoms with Crippen LogP contribution in [0.15, 0.2) is 77.7 Å². The minimum atomic E-state index is -4.12. The number of carbonyl (C=O) groups is 2. The SMILES string of the molecule is Cc1cccc(CN(C(=O)CN(c2ccc(Cl)cc2C)S(=O)(=O)c2ccccc2)[C@H](C)C(=O)NC2CCCC2)c1. The first-order valence-corrected chi connectivity index (χ1v) is 15.4. The smallest absolute Gasteiger partial charge is 0.264 e. The predicted molar refractivity (Wildman–Crippen MR) is 159 cm³/mol. The second-order valence-electron chi connectivity index (χ2n) is 10.4. The molecule has 1 atom stereocenters. The van der Waals surface area contributed by atoms with E-state index in [0.717, 1.165) is 41.1 Å². The fourth-order valence-corrected chi connectivity index (χ4v) is 6.84. The molecule has 212 valence electrons. The third-order valence-corrected chi connectivity index (χ3v) is 9.35. The maximum absolute atomic E-state index is 14.1. The Labute approximate surface area is 242 Å². The van der Waals surface area contributed by atoms with Crippen LogP contribution < -0.4 is 9.62 Å². The van der Waals surface area contributed by atoms with E-state index in [4.69, 9.17) is 11.6 Å². The zero-order valence-corrected chi connectivity index (χ0v) is 24.7. The average molecular weight is 582 g/mol. The van der Waals surface area contributed by atoms with Crippen LogP contribution in [0, 0.1) is 13.8 Å². The molecule has 0 radical (unpaired) electrons. The monoisotopic (exact) mass is 581 g/mol. The lowest BCUT2D eigenvalue weighted by Crippen LogP contribution is -2.52. The van der Waals surface area contributed by atoms with E-state index >= 15 is 0 Å². The fourth-order valence-electron chi connectivity index (χ4n) is 5.11. The highest BCUT2D eigenvalue weighted by Crippen LogP contribution is 2.29. The van der Waals surface area contributed by atoms with E-state index in [-0.39, 0.29) is 23.4 Å². The molecule has 1 N–H and O–H groups in total. The second-order valence-corrected chi connectivity index (χ2v) is 12.7. The standard InChI is InChI=1S/C31H36ClN3O4S/c1-22-10-9-11-25(18-22)20-34(24(3)31(37)33-27-12-7-8-13-27)30(36)21-35(29-17-16-26(32)19-23(29)2)40(38,39)28-14-5-4-6-15-28/h4-6,9-11,14-19,24,27H,7-8,12-13,20-21H2,1-3H3,(H,33,37)/t24-/m1/s1. The molecule has 0 unspecified atom stereocenters. The molecule has 40 heavy (non-hydrogen) atoms. The Bertz CT molecular complexity index is 1460. The highest BCUT2D eigenvalue weighted by Gasteiger charge is 2.33. The number of hydrogen-bond acceptors (Lipinski definition) is 4. The third-order valence-electron chi connectivity index (χ3n) is 7.34. The molecule has 0 spiro atoms. The molecule has 4 rings (SSSR count). The first kappa shape index (κ1) is 29.6. The number of halogens is 1. The summed E-state index contributed by atoms with van der Waals surface area (Å²) in [6.45, 7) is 5.09. The van der Waals surface area contributed by atoms with Gasteiger partial charge in [0.25, 0.3) is 10.0 Å². The van der Waals surface area contributed by atoms with Crippen LogP contribution in [0.25, 0.3) is 0 Å². The lowest BCUT2D eigenvalue weighted by molar-refractivity contribution is -0.139. The van der Waals surface area contributed by atoms with E-state index in [2.05, 4.69) is 5.32 Å². The highest BCUT2D eigenvalue weighted by atomic mass is 35.5. The third kappa shape index (κ3) is 7.04. The molecule has 3 aromatic carbocycles. The molecular formula is C31H36ClN3O4S. The van der Waals surface area contributed by atoms with Crippen LogP contribution in [-0.2, 0) is 26.2 Å². The Morgan fingerprint density at radius 1 is 0.975 bits per heavy atom. The summed E-state index contributed by atoms with van der Waals surface area (Å²) < 4.78 is 28.9. The normalized spacial score (nSPS) is 14.5. The van der Waals surface area contributed by atoms with Crippen molar-refractivity contribution in [1.29, 1.82) is 0 Å². The van der Waals surface area contributed by atoms with Gasteiger partial charge in [-0.25, -0.2) is 8.42 Å². The molecule has 9 heteroatoms. The van der Waals surface area contributed by atoms with E-state index < -0.39 is 28.5 Å². The molecule has 0 aromatic heterocycles. The number of benzene rings is 3. The van der Waals surface area contributed by atoms with Gasteiger partial charge in [0.05, 0.1) is 10.6 Å². The molecule has 7 nitrogen and oxygen atoms in total. The van der Waals surface area contributed by atoms with Gasteiger partial charge in [0, 0.05) is 17.6 Å². The first-order valence-electron chi connectivity index (χ1n) is 13.6. The molecule has 2 amide bonds. The summed E-state index contributed by atoms with van der Waals surface area (Å²) in [6, 6.07) is 19.9. The van der Waals surface area contributed by atoms with Gasteiger partial charge in [-0.1, -0.05) is 72.5 Å². The minimum absolute atomic E-state index is 0.0643. The van der Waals surface area contributed by atoms with Crippen LogP contribution >= 0.6 is 11.6 Å². The zero-order valence-electron chi connectivity index (χ0n) is 23.1. The average Bonchev–Trinajstić information content (AvgIpc) is 3.44. The minimum Gasteiger partial charge on any atom is -0.352 e. The summed E-state index contributed by atoms with van der Waals surface area (Å²) in [4.78, 5) is 28.9. The number of amides is 2. The molecule has 3 aromatic rings. The number of hydrogen-bond donors (Lipinski definition) is 1. The summed E-state index contributed by atoms with van der Waals surface area (Å²) in [5.74, 6) is -0.725. The number of rotatable bonds is 10. The Kier molecular flexibility index (Phi) is 9.53. The van der Waals surface area contributed by atoms with Gasteiger partial charge in [0.2, 0.25) is 11.8 Å². The van der Waals surface area contributed by atoms with Crippen molar-refractivity contribution in [2.45, 2.75) is 70.0 Å². The van der Waals surface area contributed by atoms with Gasteiger partial charge >= 0.3 is 0 Å². The van der Waals surface area contributed by atoms with Crippen LogP contribution in [0.2, 0.25) is 5.02 Å². The van der Waals surface area contributed by atoms with Gasteiger partial charge in [-0.05, 0) is 75.1 Å². The predicted octanol–water partition coefficient (Wildman–Crippen LogP) is 5.63. The molecule has 0 aliphatic heterocycles. The van der Waals surface area contributed by atoms with Crippen molar-refractivity contribution in [1.82, 2.24) is 10.2 Å². The van der Waals surface area contributed by atoms with Gasteiger partial charge in [0.15, 0.2) is 0 Å². The topological polar surface area (TPSA) is 86.8 Å². The van der Waals surface area contributed by atoms with Gasteiger partial charge in [0.1, 0.15) is 12.6 Å². The quantitative estimate of drug-likeness (QED) is 0.336. The fraction of sp³-hybridized carbons (Fsp3) is 0.355. The van der Waals surface area contributed by atoms with Crippen LogP contribution in [0.5, 0.6) is 0 Å². The molecule has 0 heterocycles. The molecule has 1 aliphatic rings. The van der Waals surface area contributed by atoms with E-state index in [9.17, 15) is 18.0 Å². The Morgan fingerprint density at radius 3 is 2.33 bits per heavy atom. The Hall–Kier alpha value is -3.36. The maximum Gasteiger partial charge on any atom is 0.264 e. The lowest BCUT2D eigenvalue weighted by atomic mass is 10.1. The van der Waals surface area contributed by atoms with Gasteiger partial charge in [-0.2, -0.15) is 0 Å². The second kappa shape index (κ2) is 12.9. The van der Waals surface area contributed by atoms with E-state index in [0.29, 0.717) is 16.3 Å². The largest absolute Gasteiger partial charge is 0.352 e. The summed E-state index contributed by atoms with van der Waals surface area (Å²) >= 11 is 6.17. The van der Waals surface area contributed by atoms with E-state index in [1.165, 1.54) is 17.0 Å². The molecule has 1 fully saturated rings. The maximum atomic E-state index is 14.1. The van der Waals surface area contributed by atoms with Gasteiger partial charge in [-0.3, -0.25) is 13.9 Å². The van der Waals surface area contributed by atoms with Gasteiger partial charge < -0.3 is 10.2 Å². The number of anilines is 1. The van der Waals surface area contributed by atoms with E-state index in [1.807, 2.05) is 31.2 Å². The van der Waals surface area contributed by atoms with Crippen LogP contribution in [-0.4, -0.2) is 43.8 Å². The van der Waals surface area contributed by atoms with Crippen LogP contribution in [0.1, 0.15) is 49.3 Å². The summed E-state index contributed by atoms with van der Waals surface area (Å²) in [5, 5.41) is 3.55. The Morgan fingerprint density at radius 2 is 1.68 bits per heavy atom. The number of carbonyl (C=O) groups excluding carboxylic acids is 2. The van der Waals surface area contributed by atoms with Crippen molar-refractivity contribution in [3.8, 4) is 0 Å². The number of nitrogens with one attached hydrogen (secondary N) is 1. The van der Waals surface area contributed by atoms with Gasteiger partial charge in [-0.15, -0.1) is 0 Å². The van der Waals surface area contributed by atoms with Crippen molar-refractivity contribution in [2.24, 2.45) is 0 Å². The van der Waals surface area contributed by atoms with Crippen molar-refractivity contribution in [2.75, 3.05) is 10.8 Å². The van der Waals surface area contributed by atoms with Crippen molar-refractivity contribution in [3.05, 3.63) is 94.5 Å². The molecular weight excluding hydrogens is 546 g/mol. The van der Waals surface area contributed by atoms with Crippen LogP contribution in [0.3, 0.4) is 0 Å². The molecule has 1 saturated carbocycles. The molecule has 1 aliphatic carbocycles. The number of aryl methyl sites for hydroxylation is 2.